The third kappa shape index (κ3) is 2.88. The highest BCUT2D eigenvalue weighted by Crippen LogP contribution is 2.45. The van der Waals surface area contributed by atoms with Crippen LogP contribution in [0.4, 0.5) is 16.5 Å². The maximum absolute atomic E-state index is 13.5. The Morgan fingerprint density at radius 2 is 1.72 bits per heavy atom. The minimum absolute atomic E-state index is 0.189. The molecule has 0 bridgehead atoms. The zero-order valence-corrected chi connectivity index (χ0v) is 16.9. The van der Waals surface area contributed by atoms with Crippen molar-refractivity contribution in [3.63, 3.8) is 0 Å². The molecule has 0 atom stereocenters. The van der Waals surface area contributed by atoms with E-state index in [2.05, 4.69) is 9.98 Å². The first-order valence-electron chi connectivity index (χ1n) is 8.82. The van der Waals surface area contributed by atoms with Crippen molar-refractivity contribution in [2.45, 2.75) is 0 Å². The maximum Gasteiger partial charge on any atom is 0.272 e. The number of thioether (sulfide) groups is 1. The molecule has 2 aliphatic heterocycles. The molecule has 1 fully saturated rings. The van der Waals surface area contributed by atoms with E-state index < -0.39 is 0 Å². The summed E-state index contributed by atoms with van der Waals surface area (Å²) < 4.78 is 0. The fourth-order valence-electron chi connectivity index (χ4n) is 3.35. The van der Waals surface area contributed by atoms with Crippen LogP contribution in [0, 0.1) is 0 Å². The number of amidine groups is 1. The summed E-state index contributed by atoms with van der Waals surface area (Å²) in [5.41, 5.74) is 2.68. The van der Waals surface area contributed by atoms with E-state index in [0.717, 1.165) is 11.3 Å². The van der Waals surface area contributed by atoms with Crippen LogP contribution in [0.25, 0.3) is 5.57 Å². The van der Waals surface area contributed by atoms with Crippen molar-refractivity contribution in [2.75, 3.05) is 16.8 Å². The van der Waals surface area contributed by atoms with Crippen LogP contribution in [0.15, 0.2) is 76.1 Å². The number of hydrogen-bond acceptors (Lipinski definition) is 6. The van der Waals surface area contributed by atoms with Crippen molar-refractivity contribution in [1.29, 1.82) is 0 Å². The van der Waals surface area contributed by atoms with Crippen molar-refractivity contribution >= 4 is 62.2 Å². The number of likely N-dealkylation sites (N-methyl/N-ethyl adjacent to an activating group) is 1. The van der Waals surface area contributed by atoms with Gasteiger partial charge in [0.05, 0.1) is 21.9 Å². The summed E-state index contributed by atoms with van der Waals surface area (Å²) in [6.07, 6.45) is 1.67. The van der Waals surface area contributed by atoms with E-state index in [1.807, 2.05) is 60.0 Å². The third-order valence-corrected chi connectivity index (χ3v) is 6.39. The Balaban J connectivity index is 1.70. The average Bonchev–Trinajstić information content (AvgIpc) is 3.42. The number of anilines is 2. The molecule has 2 aliphatic rings. The van der Waals surface area contributed by atoms with Crippen LogP contribution in [-0.4, -0.2) is 29.0 Å². The Kier molecular flexibility index (Phi) is 4.30. The molecule has 1 saturated heterocycles. The normalized spacial score (nSPS) is 20.1. The van der Waals surface area contributed by atoms with Crippen LogP contribution >= 0.6 is 23.1 Å². The average molecular weight is 419 g/mol. The van der Waals surface area contributed by atoms with Gasteiger partial charge in [-0.3, -0.25) is 14.5 Å². The van der Waals surface area contributed by atoms with E-state index in [1.54, 1.807) is 23.0 Å². The molecule has 3 heterocycles. The summed E-state index contributed by atoms with van der Waals surface area (Å²) >= 11 is 2.60. The lowest BCUT2D eigenvalue weighted by Crippen LogP contribution is -2.29. The number of aliphatic imine (C=N–C) groups is 1. The largest absolute Gasteiger partial charge is 0.311 e. The van der Waals surface area contributed by atoms with Crippen LogP contribution in [0.2, 0.25) is 0 Å². The number of fused-ring (bicyclic) bond motifs is 1. The van der Waals surface area contributed by atoms with E-state index in [4.69, 9.17) is 0 Å². The predicted molar refractivity (Wildman–Crippen MR) is 118 cm³/mol. The van der Waals surface area contributed by atoms with Gasteiger partial charge < -0.3 is 4.90 Å². The summed E-state index contributed by atoms with van der Waals surface area (Å²) in [4.78, 5) is 38.8. The number of nitrogens with zero attached hydrogens (tertiary/aromatic N) is 4. The number of carbonyl (C=O) groups is 2. The molecular formula is C21H14N4O2S2. The highest BCUT2D eigenvalue weighted by Gasteiger charge is 2.42. The van der Waals surface area contributed by atoms with Gasteiger partial charge in [0.15, 0.2) is 5.17 Å². The Labute approximate surface area is 175 Å². The molecule has 8 heteroatoms. The molecule has 3 aromatic rings. The van der Waals surface area contributed by atoms with E-state index in [1.165, 1.54) is 23.1 Å². The Bertz CT molecular complexity index is 1190. The van der Waals surface area contributed by atoms with Crippen LogP contribution in [-0.2, 0) is 9.59 Å². The molecule has 0 saturated carbocycles. The SMILES string of the molecule is CN1C(=O)/C(=C2\S/C(=N/c3nccs3)N(c3ccccc3)C2=O)c2ccccc21. The van der Waals surface area contributed by atoms with Gasteiger partial charge in [0, 0.05) is 24.2 Å². The van der Waals surface area contributed by atoms with Gasteiger partial charge in [0.2, 0.25) is 5.13 Å². The predicted octanol–water partition coefficient (Wildman–Crippen LogP) is 4.30. The molecule has 6 nitrogen and oxygen atoms in total. The highest BCUT2D eigenvalue weighted by molar-refractivity contribution is 8.19. The van der Waals surface area contributed by atoms with Gasteiger partial charge in [-0.1, -0.05) is 36.4 Å². The molecule has 5 rings (SSSR count). The molecule has 0 N–H and O–H groups in total. The van der Waals surface area contributed by atoms with E-state index >= 15 is 0 Å². The molecule has 0 aliphatic carbocycles. The molecule has 1 aromatic heterocycles. The number of carbonyl (C=O) groups excluding carboxylic acids is 2. The lowest BCUT2D eigenvalue weighted by molar-refractivity contribution is -0.115. The van der Waals surface area contributed by atoms with E-state index in [9.17, 15) is 9.59 Å². The summed E-state index contributed by atoms with van der Waals surface area (Å²) in [6.45, 7) is 0. The minimum atomic E-state index is -0.259. The van der Waals surface area contributed by atoms with Gasteiger partial charge in [-0.2, -0.15) is 4.99 Å². The second-order valence-corrected chi connectivity index (χ2v) is 8.22. The Morgan fingerprint density at radius 3 is 2.48 bits per heavy atom. The first-order chi connectivity index (χ1) is 14.1. The zero-order chi connectivity index (χ0) is 20.0. The van der Waals surface area contributed by atoms with Crippen molar-refractivity contribution in [2.24, 2.45) is 4.99 Å². The zero-order valence-electron chi connectivity index (χ0n) is 15.3. The van der Waals surface area contributed by atoms with Crippen molar-refractivity contribution in [3.05, 3.63) is 76.6 Å². The van der Waals surface area contributed by atoms with Crippen LogP contribution in [0.1, 0.15) is 5.56 Å². The summed E-state index contributed by atoms with van der Waals surface area (Å²) in [6, 6.07) is 16.8. The molecule has 29 heavy (non-hydrogen) atoms. The van der Waals surface area contributed by atoms with Gasteiger partial charge in [-0.05, 0) is 30.0 Å². The number of hydrogen-bond donors (Lipinski definition) is 0. The van der Waals surface area contributed by atoms with Crippen molar-refractivity contribution < 1.29 is 9.59 Å². The van der Waals surface area contributed by atoms with Gasteiger partial charge in [0.1, 0.15) is 0 Å². The first kappa shape index (κ1) is 17.8. The number of amides is 2. The molecule has 0 spiro atoms. The van der Waals surface area contributed by atoms with Gasteiger partial charge in [0.25, 0.3) is 11.8 Å². The topological polar surface area (TPSA) is 65.9 Å². The van der Waals surface area contributed by atoms with Gasteiger partial charge in [-0.15, -0.1) is 11.3 Å². The monoisotopic (exact) mass is 418 g/mol. The van der Waals surface area contributed by atoms with E-state index in [0.29, 0.717) is 26.5 Å². The lowest BCUT2D eigenvalue weighted by Gasteiger charge is -2.15. The van der Waals surface area contributed by atoms with E-state index in [-0.39, 0.29) is 11.8 Å². The quantitative estimate of drug-likeness (QED) is 0.582. The molecule has 2 aromatic carbocycles. The Morgan fingerprint density at radius 1 is 0.966 bits per heavy atom. The molecule has 2 amide bonds. The minimum Gasteiger partial charge on any atom is -0.311 e. The number of aromatic nitrogens is 1. The molecule has 0 unspecified atom stereocenters. The van der Waals surface area contributed by atoms with Gasteiger partial charge >= 0.3 is 0 Å². The highest BCUT2D eigenvalue weighted by atomic mass is 32.2. The lowest BCUT2D eigenvalue weighted by atomic mass is 10.1. The molecular weight excluding hydrogens is 404 g/mol. The molecule has 142 valence electrons. The van der Waals surface area contributed by atoms with Crippen molar-refractivity contribution in [1.82, 2.24) is 4.98 Å². The molecule has 0 radical (unpaired) electrons. The number of thiazole rings is 1. The Hall–Kier alpha value is -3.23. The second kappa shape index (κ2) is 6.98. The third-order valence-electron chi connectivity index (χ3n) is 4.69. The summed E-state index contributed by atoms with van der Waals surface area (Å²) in [5.74, 6) is -0.449. The van der Waals surface area contributed by atoms with Crippen LogP contribution in [0.3, 0.4) is 0 Å². The van der Waals surface area contributed by atoms with Crippen LogP contribution < -0.4 is 9.80 Å². The van der Waals surface area contributed by atoms with Crippen LogP contribution in [0.5, 0.6) is 0 Å². The smallest absolute Gasteiger partial charge is 0.272 e. The fraction of sp³-hybridized carbons (Fsp3) is 0.0476. The number of rotatable bonds is 2. The fourth-order valence-corrected chi connectivity index (χ4v) is 4.98. The first-order valence-corrected chi connectivity index (χ1v) is 10.5. The summed E-state index contributed by atoms with van der Waals surface area (Å²) in [5, 5.41) is 2.87. The summed E-state index contributed by atoms with van der Waals surface area (Å²) in [7, 11) is 1.72. The standard InChI is InChI=1S/C21H14N4O2S2/c1-24-15-10-6-5-9-14(15)16(18(24)26)17-19(27)25(13-7-3-2-4-8-13)21(29-17)23-20-22-11-12-28-20/h2-12H,1H3/b17-16-,23-21+. The van der Waals surface area contributed by atoms with Gasteiger partial charge in [-0.25, -0.2) is 4.98 Å². The number of para-hydroxylation sites is 2. The van der Waals surface area contributed by atoms with Crippen molar-refractivity contribution in [3.8, 4) is 0 Å². The maximum atomic E-state index is 13.5. The second-order valence-electron chi connectivity index (χ2n) is 6.37. The number of benzene rings is 2.